The Bertz CT molecular complexity index is 676. The summed E-state index contributed by atoms with van der Waals surface area (Å²) < 4.78 is 54.8. The summed E-state index contributed by atoms with van der Waals surface area (Å²) in [7, 11) is 1.07. The third kappa shape index (κ3) is 5.03. The van der Waals surface area contributed by atoms with E-state index in [-0.39, 0.29) is 11.3 Å². The molecule has 0 aromatic heterocycles. The lowest BCUT2D eigenvalue weighted by molar-refractivity contribution is -0.274. The fourth-order valence-electron chi connectivity index (χ4n) is 2.44. The van der Waals surface area contributed by atoms with E-state index in [0.717, 1.165) is 0 Å². The van der Waals surface area contributed by atoms with E-state index in [2.05, 4.69) is 26.0 Å². The number of halogens is 4. The number of hydrogen-bond acceptors (Lipinski definition) is 4. The molecular weight excluding hydrogens is 414 g/mol. The highest BCUT2D eigenvalue weighted by Crippen LogP contribution is 2.39. The second-order valence-corrected chi connectivity index (χ2v) is 7.98. The van der Waals surface area contributed by atoms with Crippen molar-refractivity contribution in [3.05, 3.63) is 33.7 Å². The third-order valence-corrected chi connectivity index (χ3v) is 4.97. The van der Waals surface area contributed by atoms with Crippen LogP contribution in [0.15, 0.2) is 28.1 Å². The first kappa shape index (κ1) is 21.3. The van der Waals surface area contributed by atoms with E-state index in [1.807, 2.05) is 27.7 Å². The quantitative estimate of drug-likeness (QED) is 0.687. The molecule has 0 unspecified atom stereocenters. The Morgan fingerprint density at radius 1 is 1.23 bits per heavy atom. The Labute approximate surface area is 160 Å². The average molecular weight is 436 g/mol. The molecule has 0 aliphatic carbocycles. The standard InChI is InChI=1S/C17H22BBrF3NO3/c1-15(2)16(3,4)26-18(25-15)12(10-23-5)8-11-6-7-13(19)9-14(11)24-17(20,21)22/h6-9,23H,10H2,1-5H3. The van der Waals surface area contributed by atoms with Gasteiger partial charge in [0.05, 0.1) is 11.2 Å². The van der Waals surface area contributed by atoms with Crippen LogP contribution in [-0.2, 0) is 9.31 Å². The van der Waals surface area contributed by atoms with E-state index < -0.39 is 24.7 Å². The molecule has 0 atom stereocenters. The molecule has 1 aliphatic heterocycles. The summed E-state index contributed by atoms with van der Waals surface area (Å²) in [5, 5.41) is 3.00. The summed E-state index contributed by atoms with van der Waals surface area (Å²) in [6, 6.07) is 4.48. The van der Waals surface area contributed by atoms with Gasteiger partial charge in [-0.2, -0.15) is 0 Å². The fraction of sp³-hybridized carbons (Fsp3) is 0.529. The molecule has 1 aliphatic rings. The van der Waals surface area contributed by atoms with Gasteiger partial charge in [-0.05, 0) is 52.3 Å². The van der Waals surface area contributed by atoms with Crippen molar-refractivity contribution in [2.24, 2.45) is 0 Å². The molecule has 1 aromatic rings. The molecular formula is C17H22BBrF3NO3. The first-order chi connectivity index (χ1) is 11.8. The molecule has 0 spiro atoms. The largest absolute Gasteiger partial charge is 0.573 e. The van der Waals surface area contributed by atoms with Crippen molar-refractivity contribution in [1.29, 1.82) is 0 Å². The van der Waals surface area contributed by atoms with E-state index in [0.29, 0.717) is 16.5 Å². The topological polar surface area (TPSA) is 39.7 Å². The summed E-state index contributed by atoms with van der Waals surface area (Å²) in [4.78, 5) is 0. The molecule has 0 amide bonds. The Balaban J connectivity index is 2.41. The SMILES string of the molecule is CNCC(=Cc1ccc(Br)cc1OC(F)(F)F)B1OC(C)(C)C(C)(C)O1. The molecule has 1 N–H and O–H groups in total. The van der Waals surface area contributed by atoms with Crippen LogP contribution in [-0.4, -0.2) is 38.3 Å². The summed E-state index contributed by atoms with van der Waals surface area (Å²) in [5.74, 6) is -0.294. The average Bonchev–Trinajstić information content (AvgIpc) is 2.68. The van der Waals surface area contributed by atoms with Crippen molar-refractivity contribution in [2.45, 2.75) is 45.3 Å². The van der Waals surface area contributed by atoms with Gasteiger partial charge in [0.25, 0.3) is 0 Å². The number of benzene rings is 1. The van der Waals surface area contributed by atoms with Crippen LogP contribution in [0.3, 0.4) is 0 Å². The van der Waals surface area contributed by atoms with Crippen molar-refractivity contribution in [3.63, 3.8) is 0 Å². The van der Waals surface area contributed by atoms with Gasteiger partial charge in [-0.1, -0.05) is 28.1 Å². The molecule has 1 aromatic carbocycles. The highest BCUT2D eigenvalue weighted by Gasteiger charge is 2.52. The number of likely N-dealkylation sites (N-methyl/N-ethyl adjacent to an activating group) is 1. The van der Waals surface area contributed by atoms with Gasteiger partial charge in [0.2, 0.25) is 0 Å². The van der Waals surface area contributed by atoms with Gasteiger partial charge in [-0.25, -0.2) is 0 Å². The summed E-state index contributed by atoms with van der Waals surface area (Å²) in [5.41, 5.74) is -0.142. The van der Waals surface area contributed by atoms with Crippen LogP contribution in [0.25, 0.3) is 6.08 Å². The molecule has 4 nitrogen and oxygen atoms in total. The number of alkyl halides is 3. The zero-order chi connectivity index (χ0) is 19.8. The Hall–Kier alpha value is -1.03. The van der Waals surface area contributed by atoms with Gasteiger partial charge in [0.15, 0.2) is 0 Å². The zero-order valence-electron chi connectivity index (χ0n) is 15.3. The van der Waals surface area contributed by atoms with Crippen LogP contribution >= 0.6 is 15.9 Å². The second kappa shape index (κ2) is 7.54. The van der Waals surface area contributed by atoms with Crippen LogP contribution in [0.5, 0.6) is 5.75 Å². The van der Waals surface area contributed by atoms with E-state index in [1.165, 1.54) is 6.07 Å². The molecule has 1 heterocycles. The number of ether oxygens (including phenoxy) is 1. The first-order valence-corrected chi connectivity index (χ1v) is 8.90. The van der Waals surface area contributed by atoms with Gasteiger partial charge < -0.3 is 19.4 Å². The van der Waals surface area contributed by atoms with Crippen LogP contribution in [0, 0.1) is 0 Å². The van der Waals surface area contributed by atoms with Gasteiger partial charge in [0.1, 0.15) is 5.75 Å². The maximum atomic E-state index is 12.7. The van der Waals surface area contributed by atoms with Crippen LogP contribution in [0.4, 0.5) is 13.2 Å². The van der Waals surface area contributed by atoms with E-state index in [4.69, 9.17) is 9.31 Å². The second-order valence-electron chi connectivity index (χ2n) is 7.07. The maximum absolute atomic E-state index is 12.7. The molecule has 9 heteroatoms. The van der Waals surface area contributed by atoms with Crippen LogP contribution < -0.4 is 10.1 Å². The molecule has 26 heavy (non-hydrogen) atoms. The molecule has 2 rings (SSSR count). The third-order valence-electron chi connectivity index (χ3n) is 4.48. The minimum atomic E-state index is -4.78. The van der Waals surface area contributed by atoms with Crippen LogP contribution in [0.2, 0.25) is 0 Å². The van der Waals surface area contributed by atoms with Crippen molar-refractivity contribution < 1.29 is 27.2 Å². The minimum Gasteiger partial charge on any atom is -0.405 e. The highest BCUT2D eigenvalue weighted by molar-refractivity contribution is 9.10. The highest BCUT2D eigenvalue weighted by atomic mass is 79.9. The predicted octanol–water partition coefficient (Wildman–Crippen LogP) is 4.58. The maximum Gasteiger partial charge on any atom is 0.573 e. The predicted molar refractivity (Wildman–Crippen MR) is 98.8 cm³/mol. The summed E-state index contributed by atoms with van der Waals surface area (Å²) in [6.07, 6.45) is -3.18. The molecule has 1 saturated heterocycles. The summed E-state index contributed by atoms with van der Waals surface area (Å²) in [6.45, 7) is 8.06. The van der Waals surface area contributed by atoms with Crippen LogP contribution in [0.1, 0.15) is 33.3 Å². The lowest BCUT2D eigenvalue weighted by atomic mass is 9.77. The lowest BCUT2D eigenvalue weighted by Crippen LogP contribution is -2.41. The number of rotatable bonds is 5. The van der Waals surface area contributed by atoms with E-state index >= 15 is 0 Å². The van der Waals surface area contributed by atoms with Gasteiger partial charge >= 0.3 is 13.5 Å². The monoisotopic (exact) mass is 435 g/mol. The van der Waals surface area contributed by atoms with Gasteiger partial charge in [-0.3, -0.25) is 0 Å². The normalized spacial score (nSPS) is 19.7. The first-order valence-electron chi connectivity index (χ1n) is 8.10. The van der Waals surface area contributed by atoms with Gasteiger partial charge in [-0.15, -0.1) is 13.2 Å². The minimum absolute atomic E-state index is 0.283. The van der Waals surface area contributed by atoms with E-state index in [1.54, 1.807) is 25.3 Å². The van der Waals surface area contributed by atoms with Crippen molar-refractivity contribution in [1.82, 2.24) is 5.32 Å². The number of nitrogens with one attached hydrogen (secondary N) is 1. The smallest absolute Gasteiger partial charge is 0.405 e. The molecule has 0 bridgehead atoms. The summed E-state index contributed by atoms with van der Waals surface area (Å²) >= 11 is 3.17. The Kier molecular flexibility index (Phi) is 6.17. The zero-order valence-corrected chi connectivity index (χ0v) is 16.9. The Morgan fingerprint density at radius 3 is 2.31 bits per heavy atom. The van der Waals surface area contributed by atoms with Crippen molar-refractivity contribution >= 4 is 29.1 Å². The van der Waals surface area contributed by atoms with Gasteiger partial charge in [0, 0.05) is 16.6 Å². The van der Waals surface area contributed by atoms with Crippen molar-refractivity contribution in [3.8, 4) is 5.75 Å². The molecule has 0 radical (unpaired) electrons. The fourth-order valence-corrected chi connectivity index (χ4v) is 2.78. The van der Waals surface area contributed by atoms with Crippen molar-refractivity contribution in [2.75, 3.05) is 13.6 Å². The Morgan fingerprint density at radius 2 is 1.81 bits per heavy atom. The molecule has 0 saturated carbocycles. The molecule has 144 valence electrons. The van der Waals surface area contributed by atoms with E-state index in [9.17, 15) is 13.2 Å². The lowest BCUT2D eigenvalue weighted by Gasteiger charge is -2.32. The number of hydrogen-bond donors (Lipinski definition) is 1. The molecule has 1 fully saturated rings.